The van der Waals surface area contributed by atoms with Crippen molar-refractivity contribution in [2.45, 2.75) is 32.1 Å². The number of hydrogen-bond donors (Lipinski definition) is 2. The first-order chi connectivity index (χ1) is 12.7. The minimum atomic E-state index is -0.282. The predicted octanol–water partition coefficient (Wildman–Crippen LogP) is 2.05. The molecule has 0 unspecified atom stereocenters. The van der Waals surface area contributed by atoms with Gasteiger partial charge in [0.15, 0.2) is 5.82 Å². The molecule has 0 bridgehead atoms. The number of amides is 1. The van der Waals surface area contributed by atoms with Gasteiger partial charge in [-0.3, -0.25) is 10.1 Å². The Morgan fingerprint density at radius 3 is 2.93 bits per heavy atom. The average Bonchev–Trinajstić information content (AvgIpc) is 3.25. The van der Waals surface area contributed by atoms with Crippen LogP contribution in [0.4, 0.5) is 5.95 Å². The standard InChI is InChI=1S/C17H21N7O2.ClH/c1-3-13-12-8-11(9-19-16(12)26-23-13)15(25)21-17-20-14(22-24(17)2)10-4-6-18-7-5-10;/h8-10,18H,3-7H2,1-2H3,(H,20,21,22,25);1H. The smallest absolute Gasteiger partial charge is 0.259 e. The Bertz CT molecular complexity index is 946. The summed E-state index contributed by atoms with van der Waals surface area (Å²) in [5, 5.41) is 15.4. The summed E-state index contributed by atoms with van der Waals surface area (Å²) in [6.45, 7) is 3.91. The Morgan fingerprint density at radius 1 is 1.41 bits per heavy atom. The zero-order chi connectivity index (χ0) is 18.1. The molecule has 2 N–H and O–H groups in total. The van der Waals surface area contributed by atoms with Crippen LogP contribution in [0.5, 0.6) is 0 Å². The van der Waals surface area contributed by atoms with E-state index in [-0.39, 0.29) is 18.3 Å². The van der Waals surface area contributed by atoms with Gasteiger partial charge in [0.1, 0.15) is 0 Å². The summed E-state index contributed by atoms with van der Waals surface area (Å²) >= 11 is 0. The van der Waals surface area contributed by atoms with Crippen molar-refractivity contribution in [1.82, 2.24) is 30.2 Å². The minimum Gasteiger partial charge on any atom is -0.336 e. The lowest BCUT2D eigenvalue weighted by atomic mass is 9.98. The number of hydrogen-bond acceptors (Lipinski definition) is 7. The molecule has 1 amide bonds. The van der Waals surface area contributed by atoms with Crippen molar-refractivity contribution in [1.29, 1.82) is 0 Å². The second-order valence-corrected chi connectivity index (χ2v) is 6.46. The summed E-state index contributed by atoms with van der Waals surface area (Å²) in [7, 11) is 1.78. The van der Waals surface area contributed by atoms with Crippen molar-refractivity contribution < 1.29 is 9.32 Å². The highest BCUT2D eigenvalue weighted by atomic mass is 35.5. The first-order valence-corrected chi connectivity index (χ1v) is 8.83. The SMILES string of the molecule is CCc1noc2ncc(C(=O)Nc3nc(C4CCNCC4)nn3C)cc12.Cl. The molecule has 1 aliphatic rings. The molecule has 10 heteroatoms. The van der Waals surface area contributed by atoms with Crippen LogP contribution >= 0.6 is 12.4 Å². The lowest BCUT2D eigenvalue weighted by molar-refractivity contribution is 0.102. The van der Waals surface area contributed by atoms with E-state index in [1.165, 1.54) is 6.20 Å². The molecule has 9 nitrogen and oxygen atoms in total. The van der Waals surface area contributed by atoms with Crippen molar-refractivity contribution in [3.05, 3.63) is 29.3 Å². The maximum Gasteiger partial charge on any atom is 0.259 e. The summed E-state index contributed by atoms with van der Waals surface area (Å²) in [6, 6.07) is 1.75. The number of halogens is 1. The lowest BCUT2D eigenvalue weighted by Gasteiger charge is -2.19. The number of pyridine rings is 1. The van der Waals surface area contributed by atoms with Crippen LogP contribution < -0.4 is 10.6 Å². The molecule has 0 atom stereocenters. The molecular formula is C17H22ClN7O2. The second-order valence-electron chi connectivity index (χ2n) is 6.46. The molecule has 3 aromatic heterocycles. The fraction of sp³-hybridized carbons (Fsp3) is 0.471. The van der Waals surface area contributed by atoms with E-state index >= 15 is 0 Å². The average molecular weight is 392 g/mol. The third-order valence-corrected chi connectivity index (χ3v) is 4.71. The van der Waals surface area contributed by atoms with Gasteiger partial charge in [0.2, 0.25) is 5.95 Å². The molecule has 0 saturated carbocycles. The third kappa shape index (κ3) is 3.79. The molecule has 1 aliphatic heterocycles. The van der Waals surface area contributed by atoms with Crippen LogP contribution in [0.1, 0.15) is 47.6 Å². The van der Waals surface area contributed by atoms with E-state index in [2.05, 4.69) is 30.9 Å². The number of carbonyl (C=O) groups is 1. The Labute approximate surface area is 162 Å². The lowest BCUT2D eigenvalue weighted by Crippen LogP contribution is -2.27. The fourth-order valence-corrected chi connectivity index (χ4v) is 3.20. The van der Waals surface area contributed by atoms with Gasteiger partial charge in [0, 0.05) is 19.2 Å². The summed E-state index contributed by atoms with van der Waals surface area (Å²) in [5.41, 5.74) is 1.65. The van der Waals surface area contributed by atoms with Gasteiger partial charge in [-0.2, -0.15) is 10.1 Å². The van der Waals surface area contributed by atoms with E-state index in [4.69, 9.17) is 4.52 Å². The number of aryl methyl sites for hydroxylation is 2. The van der Waals surface area contributed by atoms with Crippen LogP contribution in [-0.4, -0.2) is 43.9 Å². The van der Waals surface area contributed by atoms with Crippen molar-refractivity contribution in [2.75, 3.05) is 18.4 Å². The molecule has 4 rings (SSSR count). The highest BCUT2D eigenvalue weighted by molar-refractivity contribution is 6.04. The number of piperidine rings is 1. The van der Waals surface area contributed by atoms with Crippen LogP contribution in [0.15, 0.2) is 16.8 Å². The molecule has 0 aliphatic carbocycles. The molecular weight excluding hydrogens is 370 g/mol. The zero-order valence-corrected chi connectivity index (χ0v) is 16.0. The van der Waals surface area contributed by atoms with E-state index in [9.17, 15) is 4.79 Å². The quantitative estimate of drug-likeness (QED) is 0.700. The molecule has 0 radical (unpaired) electrons. The van der Waals surface area contributed by atoms with Gasteiger partial charge in [-0.25, -0.2) is 9.67 Å². The maximum absolute atomic E-state index is 12.6. The van der Waals surface area contributed by atoms with E-state index in [0.29, 0.717) is 29.6 Å². The number of carbonyl (C=O) groups excluding carboxylic acids is 1. The first kappa shape index (κ1) is 19.2. The number of nitrogens with one attached hydrogen (secondary N) is 2. The molecule has 3 aromatic rings. The van der Waals surface area contributed by atoms with Gasteiger partial charge >= 0.3 is 0 Å². The fourth-order valence-electron chi connectivity index (χ4n) is 3.20. The van der Waals surface area contributed by atoms with Crippen LogP contribution in [0.3, 0.4) is 0 Å². The van der Waals surface area contributed by atoms with Crippen molar-refractivity contribution in [3.8, 4) is 0 Å². The van der Waals surface area contributed by atoms with Crippen LogP contribution in [-0.2, 0) is 13.5 Å². The number of aromatic nitrogens is 5. The highest BCUT2D eigenvalue weighted by Gasteiger charge is 2.22. The van der Waals surface area contributed by atoms with E-state index in [1.807, 2.05) is 6.92 Å². The van der Waals surface area contributed by atoms with Gasteiger partial charge in [0.05, 0.1) is 16.6 Å². The number of fused-ring (bicyclic) bond motifs is 1. The summed E-state index contributed by atoms with van der Waals surface area (Å²) in [6.07, 6.45) is 4.20. The predicted molar refractivity (Wildman–Crippen MR) is 102 cm³/mol. The molecule has 0 aromatic carbocycles. The van der Waals surface area contributed by atoms with Gasteiger partial charge in [-0.1, -0.05) is 12.1 Å². The van der Waals surface area contributed by atoms with E-state index in [1.54, 1.807) is 17.8 Å². The second kappa shape index (κ2) is 8.01. The Morgan fingerprint density at radius 2 is 2.19 bits per heavy atom. The summed E-state index contributed by atoms with van der Waals surface area (Å²) in [4.78, 5) is 21.3. The Kier molecular flexibility index (Phi) is 5.71. The van der Waals surface area contributed by atoms with Crippen molar-refractivity contribution in [2.24, 2.45) is 7.05 Å². The van der Waals surface area contributed by atoms with Gasteiger partial charge in [-0.15, -0.1) is 12.4 Å². The van der Waals surface area contributed by atoms with Crippen LogP contribution in [0, 0.1) is 0 Å². The Balaban J connectivity index is 0.00000210. The van der Waals surface area contributed by atoms with Gasteiger partial charge in [0.25, 0.3) is 11.6 Å². The van der Waals surface area contributed by atoms with Crippen molar-refractivity contribution >= 4 is 35.4 Å². The topological polar surface area (TPSA) is 111 Å². The zero-order valence-electron chi connectivity index (χ0n) is 15.2. The first-order valence-electron chi connectivity index (χ1n) is 8.83. The molecule has 1 saturated heterocycles. The van der Waals surface area contributed by atoms with Gasteiger partial charge < -0.3 is 9.84 Å². The van der Waals surface area contributed by atoms with Gasteiger partial charge in [-0.05, 0) is 38.4 Å². The molecule has 4 heterocycles. The molecule has 27 heavy (non-hydrogen) atoms. The number of anilines is 1. The minimum absolute atomic E-state index is 0. The molecule has 144 valence electrons. The van der Waals surface area contributed by atoms with E-state index < -0.39 is 0 Å². The maximum atomic E-state index is 12.6. The molecule has 0 spiro atoms. The number of nitrogens with zero attached hydrogens (tertiary/aromatic N) is 5. The third-order valence-electron chi connectivity index (χ3n) is 4.71. The Hall–Kier alpha value is -2.52. The van der Waals surface area contributed by atoms with Crippen LogP contribution in [0.25, 0.3) is 11.1 Å². The van der Waals surface area contributed by atoms with Crippen LogP contribution in [0.2, 0.25) is 0 Å². The largest absolute Gasteiger partial charge is 0.336 e. The summed E-state index contributed by atoms with van der Waals surface area (Å²) < 4.78 is 6.77. The summed E-state index contributed by atoms with van der Waals surface area (Å²) in [5.74, 6) is 1.26. The number of rotatable bonds is 4. The van der Waals surface area contributed by atoms with E-state index in [0.717, 1.165) is 42.8 Å². The monoisotopic (exact) mass is 391 g/mol. The highest BCUT2D eigenvalue weighted by Crippen LogP contribution is 2.24. The molecule has 1 fully saturated rings. The van der Waals surface area contributed by atoms with Crippen molar-refractivity contribution in [3.63, 3.8) is 0 Å². The normalized spacial score (nSPS) is 14.9.